The minimum atomic E-state index is 0.132. The first-order valence-electron chi connectivity index (χ1n) is 11.1. The number of fused-ring (bicyclic) bond motifs is 4. The zero-order chi connectivity index (χ0) is 22.0. The lowest BCUT2D eigenvalue weighted by Gasteiger charge is -2.23. The molecule has 1 aromatic heterocycles. The van der Waals surface area contributed by atoms with E-state index in [0.717, 1.165) is 39.6 Å². The number of pyridine rings is 1. The van der Waals surface area contributed by atoms with E-state index in [2.05, 4.69) is 86.1 Å². The highest BCUT2D eigenvalue weighted by molar-refractivity contribution is 6.28. The first-order chi connectivity index (χ1) is 15.5. The third-order valence-electron chi connectivity index (χ3n) is 6.85. The molecule has 6 rings (SSSR count). The molecule has 1 heterocycles. The van der Waals surface area contributed by atoms with Crippen molar-refractivity contribution in [3.8, 4) is 11.1 Å². The Kier molecular flexibility index (Phi) is 4.06. The Morgan fingerprint density at radius 2 is 1.41 bits per heavy atom. The minimum Gasteiger partial charge on any atom is -0.289 e. The second-order valence-electron chi connectivity index (χ2n) is 8.99. The van der Waals surface area contributed by atoms with E-state index in [0.29, 0.717) is 0 Å². The molecule has 0 spiro atoms. The molecular weight excluding hydrogens is 390 g/mol. The van der Waals surface area contributed by atoms with Crippen LogP contribution < -0.4 is 4.57 Å². The van der Waals surface area contributed by atoms with Crippen LogP contribution in [0.15, 0.2) is 78.9 Å². The third kappa shape index (κ3) is 2.66. The number of carbonyl (C=O) groups is 1. The van der Waals surface area contributed by atoms with E-state index in [1.54, 1.807) is 0 Å². The molecule has 0 N–H and O–H groups in total. The fourth-order valence-corrected chi connectivity index (χ4v) is 5.22. The van der Waals surface area contributed by atoms with Crippen molar-refractivity contribution >= 4 is 27.6 Å². The van der Waals surface area contributed by atoms with Gasteiger partial charge >= 0.3 is 0 Å². The first kappa shape index (κ1) is 18.9. The quantitative estimate of drug-likeness (QED) is 0.243. The van der Waals surface area contributed by atoms with Crippen molar-refractivity contribution in [1.82, 2.24) is 0 Å². The Hall–Kier alpha value is -3.78. The van der Waals surface area contributed by atoms with E-state index in [1.165, 1.54) is 33.2 Å². The van der Waals surface area contributed by atoms with Gasteiger partial charge in [-0.05, 0) is 43.0 Å². The molecule has 5 aromatic rings. The zero-order valence-corrected chi connectivity index (χ0v) is 18.6. The van der Waals surface area contributed by atoms with E-state index in [-0.39, 0.29) is 5.78 Å². The smallest absolute Gasteiger partial charge is 0.214 e. The minimum absolute atomic E-state index is 0.132. The maximum Gasteiger partial charge on any atom is 0.214 e. The van der Waals surface area contributed by atoms with Crippen LogP contribution in [0.25, 0.3) is 32.9 Å². The molecule has 2 heteroatoms. The van der Waals surface area contributed by atoms with Crippen LogP contribution in [0.3, 0.4) is 0 Å². The summed E-state index contributed by atoms with van der Waals surface area (Å²) in [5, 5.41) is 2.28. The number of rotatable bonds is 2. The van der Waals surface area contributed by atoms with Crippen LogP contribution in [0.1, 0.15) is 38.2 Å². The zero-order valence-electron chi connectivity index (χ0n) is 18.6. The molecule has 0 fully saturated rings. The summed E-state index contributed by atoms with van der Waals surface area (Å²) in [6, 6.07) is 27.6. The Bertz CT molecular complexity index is 1580. The van der Waals surface area contributed by atoms with Crippen LogP contribution in [0.4, 0.5) is 0 Å². The van der Waals surface area contributed by atoms with Crippen molar-refractivity contribution < 1.29 is 9.36 Å². The Balaban J connectivity index is 1.76. The molecule has 0 unspecified atom stereocenters. The predicted octanol–water partition coefficient (Wildman–Crippen LogP) is 6.24. The van der Waals surface area contributed by atoms with Crippen molar-refractivity contribution in [2.45, 2.75) is 20.3 Å². The van der Waals surface area contributed by atoms with E-state index < -0.39 is 0 Å². The van der Waals surface area contributed by atoms with Gasteiger partial charge in [-0.25, -0.2) is 0 Å². The molecule has 0 bridgehead atoms. The standard InChI is InChI=1S/C30H24NO/c1-18-8-11-20(12-9-18)17-21-13-15-26-29-27(21)30(32)23-7-5-4-6-22(23)28(29)24-16-19(2)10-14-25(24)31(26)3/h4-16H,17H2,1-3H3/q+1. The molecule has 2 nitrogen and oxygen atoms in total. The van der Waals surface area contributed by atoms with Gasteiger partial charge in [0.25, 0.3) is 0 Å². The summed E-state index contributed by atoms with van der Waals surface area (Å²) in [4.78, 5) is 13.9. The highest BCUT2D eigenvalue weighted by Gasteiger charge is 2.32. The van der Waals surface area contributed by atoms with Crippen molar-refractivity contribution in [2.24, 2.45) is 7.05 Å². The topological polar surface area (TPSA) is 20.9 Å². The summed E-state index contributed by atoms with van der Waals surface area (Å²) >= 11 is 0. The van der Waals surface area contributed by atoms with Gasteiger partial charge in [0, 0.05) is 28.8 Å². The second-order valence-corrected chi connectivity index (χ2v) is 8.99. The predicted molar refractivity (Wildman–Crippen MR) is 130 cm³/mol. The third-order valence-corrected chi connectivity index (χ3v) is 6.85. The van der Waals surface area contributed by atoms with Crippen LogP contribution in [0.5, 0.6) is 0 Å². The molecule has 0 radical (unpaired) electrons. The number of nitrogens with zero attached hydrogens (tertiary/aromatic N) is 1. The highest BCUT2D eigenvalue weighted by atomic mass is 16.1. The molecule has 1 aliphatic carbocycles. The van der Waals surface area contributed by atoms with Crippen LogP contribution >= 0.6 is 0 Å². The first-order valence-corrected chi connectivity index (χ1v) is 11.1. The summed E-state index contributed by atoms with van der Waals surface area (Å²) in [6.45, 7) is 4.23. The van der Waals surface area contributed by atoms with E-state index in [4.69, 9.17) is 0 Å². The average molecular weight is 415 g/mol. The molecule has 0 saturated carbocycles. The van der Waals surface area contributed by atoms with Crippen LogP contribution in [-0.4, -0.2) is 5.78 Å². The molecule has 4 aromatic carbocycles. The number of carbonyl (C=O) groups excluding carboxylic acids is 1. The number of hydrogen-bond donors (Lipinski definition) is 0. The normalized spacial score (nSPS) is 12.4. The van der Waals surface area contributed by atoms with Crippen molar-refractivity contribution in [1.29, 1.82) is 0 Å². The number of ketones is 1. The number of benzene rings is 4. The van der Waals surface area contributed by atoms with Gasteiger partial charge < -0.3 is 0 Å². The Morgan fingerprint density at radius 1 is 0.719 bits per heavy atom. The fraction of sp³-hybridized carbons (Fsp3) is 0.133. The molecule has 32 heavy (non-hydrogen) atoms. The average Bonchev–Trinajstić information content (AvgIpc) is 2.80. The second kappa shape index (κ2) is 6.86. The molecule has 0 atom stereocenters. The highest BCUT2D eigenvalue weighted by Crippen LogP contribution is 2.43. The monoisotopic (exact) mass is 414 g/mol. The molecule has 1 aliphatic rings. The van der Waals surface area contributed by atoms with Crippen molar-refractivity contribution in [3.63, 3.8) is 0 Å². The van der Waals surface area contributed by atoms with Gasteiger partial charge in [0.1, 0.15) is 7.05 Å². The van der Waals surface area contributed by atoms with Gasteiger partial charge in [-0.2, -0.15) is 4.57 Å². The van der Waals surface area contributed by atoms with Crippen LogP contribution in [-0.2, 0) is 13.5 Å². The lowest BCUT2D eigenvalue weighted by Crippen LogP contribution is -2.32. The van der Waals surface area contributed by atoms with Gasteiger partial charge in [0.05, 0.1) is 10.8 Å². The van der Waals surface area contributed by atoms with Crippen molar-refractivity contribution in [3.05, 3.63) is 112 Å². The maximum atomic E-state index is 13.9. The lowest BCUT2D eigenvalue weighted by molar-refractivity contribution is -0.617. The molecule has 0 amide bonds. The van der Waals surface area contributed by atoms with E-state index in [9.17, 15) is 4.79 Å². The molecular formula is C30H24NO+. The van der Waals surface area contributed by atoms with Gasteiger partial charge in [-0.3, -0.25) is 4.79 Å². The fourth-order valence-electron chi connectivity index (χ4n) is 5.22. The largest absolute Gasteiger partial charge is 0.289 e. The number of aryl methyl sites for hydroxylation is 3. The lowest BCUT2D eigenvalue weighted by atomic mass is 9.79. The van der Waals surface area contributed by atoms with E-state index >= 15 is 0 Å². The van der Waals surface area contributed by atoms with Gasteiger partial charge in [-0.15, -0.1) is 0 Å². The summed E-state index contributed by atoms with van der Waals surface area (Å²) in [5.74, 6) is 0.132. The Labute approximate surface area is 187 Å². The number of aromatic nitrogens is 1. The summed E-state index contributed by atoms with van der Waals surface area (Å²) in [5.41, 5.74) is 10.9. The maximum absolute atomic E-state index is 13.9. The number of hydrogen-bond acceptors (Lipinski definition) is 1. The SMILES string of the molecule is Cc1ccc(Cc2ccc3c4c2C(=O)c2ccccc2-c4c2cc(C)ccc2[n+]3C)cc1. The Morgan fingerprint density at radius 3 is 2.19 bits per heavy atom. The van der Waals surface area contributed by atoms with Gasteiger partial charge in [0.2, 0.25) is 11.0 Å². The molecule has 0 aliphatic heterocycles. The van der Waals surface area contributed by atoms with Gasteiger partial charge in [0.15, 0.2) is 5.78 Å². The molecule has 154 valence electrons. The van der Waals surface area contributed by atoms with E-state index in [1.807, 2.05) is 18.2 Å². The summed E-state index contributed by atoms with van der Waals surface area (Å²) < 4.78 is 2.23. The van der Waals surface area contributed by atoms with Crippen LogP contribution in [0, 0.1) is 13.8 Å². The van der Waals surface area contributed by atoms with Crippen molar-refractivity contribution in [2.75, 3.05) is 0 Å². The van der Waals surface area contributed by atoms with Gasteiger partial charge in [-0.1, -0.05) is 71.8 Å². The summed E-state index contributed by atoms with van der Waals surface area (Å²) in [6.07, 6.45) is 0.745. The molecule has 0 saturated heterocycles. The summed E-state index contributed by atoms with van der Waals surface area (Å²) in [7, 11) is 2.10. The van der Waals surface area contributed by atoms with Crippen LogP contribution in [0.2, 0.25) is 0 Å².